The molecule has 0 bridgehead atoms. The van der Waals surface area contributed by atoms with Gasteiger partial charge in [0.1, 0.15) is 0 Å². The van der Waals surface area contributed by atoms with Crippen LogP contribution in [0.5, 0.6) is 0 Å². The maximum atomic E-state index is 11.5. The number of methoxy groups -OCH3 is 1. The number of carbonyl (C=O) groups excluding carboxylic acids is 1. The van der Waals surface area contributed by atoms with Gasteiger partial charge in [0.05, 0.1) is 6.54 Å². The standard InChI is InChI=1S/C15H20N2O2/c1-19-10-4-8-15(18)17-12-14-6-2-5-13(11-14)7-3-9-16/h2,5-6,11H,4,8-10,12,16H2,1H3,(H,17,18). The average molecular weight is 260 g/mol. The van der Waals surface area contributed by atoms with Crippen molar-refractivity contribution in [2.75, 3.05) is 20.3 Å². The van der Waals surface area contributed by atoms with Gasteiger partial charge in [-0.05, 0) is 24.1 Å². The molecule has 1 aromatic rings. The first-order valence-electron chi connectivity index (χ1n) is 6.29. The van der Waals surface area contributed by atoms with Crippen molar-refractivity contribution in [3.63, 3.8) is 0 Å². The van der Waals surface area contributed by atoms with Gasteiger partial charge >= 0.3 is 0 Å². The number of rotatable bonds is 6. The quantitative estimate of drug-likeness (QED) is 0.593. The maximum Gasteiger partial charge on any atom is 0.220 e. The molecular weight excluding hydrogens is 240 g/mol. The number of hydrogen-bond donors (Lipinski definition) is 2. The minimum atomic E-state index is 0.0375. The van der Waals surface area contributed by atoms with E-state index in [9.17, 15) is 4.79 Å². The number of benzene rings is 1. The van der Waals surface area contributed by atoms with Crippen LogP contribution in [0.2, 0.25) is 0 Å². The zero-order valence-corrected chi connectivity index (χ0v) is 11.2. The van der Waals surface area contributed by atoms with Crippen LogP contribution < -0.4 is 11.1 Å². The molecule has 0 fully saturated rings. The number of hydrogen-bond acceptors (Lipinski definition) is 3. The average Bonchev–Trinajstić information content (AvgIpc) is 2.44. The van der Waals surface area contributed by atoms with E-state index in [0.29, 0.717) is 26.1 Å². The Morgan fingerprint density at radius 3 is 3.05 bits per heavy atom. The molecule has 0 aliphatic rings. The van der Waals surface area contributed by atoms with E-state index in [1.165, 1.54) is 0 Å². The highest BCUT2D eigenvalue weighted by molar-refractivity contribution is 5.75. The Bertz CT molecular complexity index is 461. The lowest BCUT2D eigenvalue weighted by molar-refractivity contribution is -0.121. The second-order valence-corrected chi connectivity index (χ2v) is 4.08. The van der Waals surface area contributed by atoms with E-state index in [4.69, 9.17) is 10.5 Å². The van der Waals surface area contributed by atoms with Crippen molar-refractivity contribution >= 4 is 5.91 Å². The van der Waals surface area contributed by atoms with Gasteiger partial charge in [-0.15, -0.1) is 0 Å². The molecule has 0 atom stereocenters. The van der Waals surface area contributed by atoms with Crippen LogP contribution in [0.4, 0.5) is 0 Å². The van der Waals surface area contributed by atoms with Gasteiger partial charge in [-0.3, -0.25) is 4.79 Å². The maximum absolute atomic E-state index is 11.5. The van der Waals surface area contributed by atoms with Crippen LogP contribution >= 0.6 is 0 Å². The summed E-state index contributed by atoms with van der Waals surface area (Å²) in [5.74, 6) is 5.82. The van der Waals surface area contributed by atoms with Gasteiger partial charge in [-0.1, -0.05) is 24.0 Å². The lowest BCUT2D eigenvalue weighted by Crippen LogP contribution is -2.22. The molecule has 102 valence electrons. The van der Waals surface area contributed by atoms with E-state index >= 15 is 0 Å². The smallest absolute Gasteiger partial charge is 0.220 e. The number of nitrogens with one attached hydrogen (secondary N) is 1. The van der Waals surface area contributed by atoms with Crippen LogP contribution in [-0.2, 0) is 16.1 Å². The van der Waals surface area contributed by atoms with Crippen molar-refractivity contribution in [1.29, 1.82) is 0 Å². The SMILES string of the molecule is COCCCC(=O)NCc1cccc(C#CCN)c1. The summed E-state index contributed by atoms with van der Waals surface area (Å²) >= 11 is 0. The van der Waals surface area contributed by atoms with Crippen LogP contribution in [0.3, 0.4) is 0 Å². The van der Waals surface area contributed by atoms with E-state index in [1.54, 1.807) is 7.11 Å². The van der Waals surface area contributed by atoms with Crippen LogP contribution in [0.25, 0.3) is 0 Å². The summed E-state index contributed by atoms with van der Waals surface area (Å²) in [6.45, 7) is 1.47. The first-order valence-corrected chi connectivity index (χ1v) is 6.29. The molecule has 0 aliphatic carbocycles. The highest BCUT2D eigenvalue weighted by Crippen LogP contribution is 2.04. The molecule has 0 aromatic heterocycles. The van der Waals surface area contributed by atoms with E-state index in [-0.39, 0.29) is 5.91 Å². The summed E-state index contributed by atoms with van der Waals surface area (Å²) in [6.07, 6.45) is 1.23. The minimum absolute atomic E-state index is 0.0375. The lowest BCUT2D eigenvalue weighted by Gasteiger charge is -2.05. The van der Waals surface area contributed by atoms with E-state index in [2.05, 4.69) is 17.2 Å². The monoisotopic (exact) mass is 260 g/mol. The Morgan fingerprint density at radius 2 is 2.32 bits per heavy atom. The summed E-state index contributed by atoms with van der Waals surface area (Å²) in [7, 11) is 1.63. The molecule has 1 amide bonds. The Hall–Kier alpha value is -1.83. The summed E-state index contributed by atoms with van der Waals surface area (Å²) in [5, 5.41) is 2.87. The van der Waals surface area contributed by atoms with Crippen molar-refractivity contribution in [1.82, 2.24) is 5.32 Å². The zero-order valence-electron chi connectivity index (χ0n) is 11.2. The first-order chi connectivity index (χ1) is 9.26. The van der Waals surface area contributed by atoms with Gasteiger partial charge < -0.3 is 15.8 Å². The second kappa shape index (κ2) is 9.15. The Labute approximate surface area is 114 Å². The highest BCUT2D eigenvalue weighted by Gasteiger charge is 2.01. The predicted octanol–water partition coefficient (Wildman–Crippen LogP) is 1.04. The fourth-order valence-corrected chi connectivity index (χ4v) is 1.58. The third-order valence-electron chi connectivity index (χ3n) is 2.50. The van der Waals surface area contributed by atoms with E-state index in [1.807, 2.05) is 24.3 Å². The molecular formula is C15H20N2O2. The lowest BCUT2D eigenvalue weighted by atomic mass is 10.1. The van der Waals surface area contributed by atoms with Crippen LogP contribution in [0.1, 0.15) is 24.0 Å². The molecule has 0 radical (unpaired) electrons. The molecule has 3 N–H and O–H groups in total. The van der Waals surface area contributed by atoms with Crippen molar-refractivity contribution in [3.05, 3.63) is 35.4 Å². The number of amides is 1. The molecule has 0 heterocycles. The molecule has 0 aliphatic heterocycles. The molecule has 0 saturated heterocycles. The first kappa shape index (κ1) is 15.2. The molecule has 0 saturated carbocycles. The fraction of sp³-hybridized carbons (Fsp3) is 0.400. The Morgan fingerprint density at radius 1 is 1.47 bits per heavy atom. The van der Waals surface area contributed by atoms with Crippen molar-refractivity contribution in [2.45, 2.75) is 19.4 Å². The van der Waals surface area contributed by atoms with Gasteiger partial charge in [0, 0.05) is 32.2 Å². The van der Waals surface area contributed by atoms with E-state index in [0.717, 1.165) is 17.5 Å². The summed E-state index contributed by atoms with van der Waals surface area (Å²) in [6, 6.07) is 7.76. The third kappa shape index (κ3) is 6.61. The second-order valence-electron chi connectivity index (χ2n) is 4.08. The predicted molar refractivity (Wildman–Crippen MR) is 75.3 cm³/mol. The molecule has 4 nitrogen and oxygen atoms in total. The topological polar surface area (TPSA) is 64.3 Å². The Kier molecular flexibility index (Phi) is 7.33. The molecule has 4 heteroatoms. The van der Waals surface area contributed by atoms with Crippen LogP contribution in [0.15, 0.2) is 24.3 Å². The van der Waals surface area contributed by atoms with E-state index < -0.39 is 0 Å². The molecule has 1 rings (SSSR count). The fourth-order valence-electron chi connectivity index (χ4n) is 1.58. The van der Waals surface area contributed by atoms with Gasteiger partial charge in [0.2, 0.25) is 5.91 Å². The van der Waals surface area contributed by atoms with Crippen LogP contribution in [-0.4, -0.2) is 26.2 Å². The van der Waals surface area contributed by atoms with Gasteiger partial charge in [0.15, 0.2) is 0 Å². The highest BCUT2D eigenvalue weighted by atomic mass is 16.5. The third-order valence-corrected chi connectivity index (χ3v) is 2.50. The Balaban J connectivity index is 2.42. The van der Waals surface area contributed by atoms with Crippen molar-refractivity contribution in [2.24, 2.45) is 5.73 Å². The summed E-state index contributed by atoms with van der Waals surface area (Å²) in [4.78, 5) is 11.5. The summed E-state index contributed by atoms with van der Waals surface area (Å²) in [5.41, 5.74) is 7.27. The van der Waals surface area contributed by atoms with Crippen molar-refractivity contribution < 1.29 is 9.53 Å². The van der Waals surface area contributed by atoms with Gasteiger partial charge in [-0.2, -0.15) is 0 Å². The number of nitrogens with two attached hydrogens (primary N) is 1. The largest absolute Gasteiger partial charge is 0.385 e. The van der Waals surface area contributed by atoms with Gasteiger partial charge in [0.25, 0.3) is 0 Å². The molecule has 0 spiro atoms. The molecule has 1 aromatic carbocycles. The summed E-state index contributed by atoms with van der Waals surface area (Å²) < 4.78 is 4.90. The van der Waals surface area contributed by atoms with Crippen LogP contribution in [0, 0.1) is 11.8 Å². The minimum Gasteiger partial charge on any atom is -0.385 e. The number of ether oxygens (including phenoxy) is 1. The van der Waals surface area contributed by atoms with Crippen molar-refractivity contribution in [3.8, 4) is 11.8 Å². The number of carbonyl (C=O) groups is 1. The normalized spacial score (nSPS) is 9.58. The van der Waals surface area contributed by atoms with Gasteiger partial charge in [-0.25, -0.2) is 0 Å². The molecule has 0 unspecified atom stereocenters. The zero-order chi connectivity index (χ0) is 13.9. The molecule has 19 heavy (non-hydrogen) atoms.